The Hall–Kier alpha value is -2.75. The highest BCUT2D eigenvalue weighted by molar-refractivity contribution is 7.90. The molecule has 0 bridgehead atoms. The van der Waals surface area contributed by atoms with Gasteiger partial charge in [0.2, 0.25) is 15.0 Å². The largest absolute Gasteiger partial charge is 0.458 e. The van der Waals surface area contributed by atoms with Crippen molar-refractivity contribution in [3.05, 3.63) is 66.0 Å². The molecule has 1 fully saturated rings. The summed E-state index contributed by atoms with van der Waals surface area (Å²) in [6.45, 7) is 2.88. The SMILES string of the molecule is CS(=O)(=O)c1nc(C(=O)OCC2CN(Cc3ccccc3)CCO2)c2ccccn12. The van der Waals surface area contributed by atoms with Crippen LogP contribution < -0.4 is 0 Å². The number of benzene rings is 1. The first kappa shape index (κ1) is 20.5. The van der Waals surface area contributed by atoms with Gasteiger partial charge in [0, 0.05) is 32.1 Å². The highest BCUT2D eigenvalue weighted by Gasteiger charge is 2.26. The molecule has 1 atom stereocenters. The van der Waals surface area contributed by atoms with E-state index in [0.29, 0.717) is 18.7 Å². The van der Waals surface area contributed by atoms with Gasteiger partial charge in [0.15, 0.2) is 5.69 Å². The van der Waals surface area contributed by atoms with Gasteiger partial charge in [-0.1, -0.05) is 36.4 Å². The molecule has 1 aliphatic heterocycles. The van der Waals surface area contributed by atoms with Crippen LogP contribution >= 0.6 is 0 Å². The maximum absolute atomic E-state index is 12.7. The predicted molar refractivity (Wildman–Crippen MR) is 110 cm³/mol. The maximum Gasteiger partial charge on any atom is 0.359 e. The Morgan fingerprint density at radius 1 is 1.20 bits per heavy atom. The van der Waals surface area contributed by atoms with E-state index in [0.717, 1.165) is 19.3 Å². The number of carbonyl (C=O) groups is 1. The van der Waals surface area contributed by atoms with Crippen molar-refractivity contribution in [1.82, 2.24) is 14.3 Å². The number of nitrogens with zero attached hydrogens (tertiary/aromatic N) is 3. The number of fused-ring (bicyclic) bond motifs is 1. The summed E-state index contributed by atoms with van der Waals surface area (Å²) in [4.78, 5) is 19.0. The summed E-state index contributed by atoms with van der Waals surface area (Å²) < 4.78 is 36.6. The molecule has 0 saturated carbocycles. The Balaban J connectivity index is 1.42. The minimum Gasteiger partial charge on any atom is -0.458 e. The fourth-order valence-corrected chi connectivity index (χ4v) is 4.30. The quantitative estimate of drug-likeness (QED) is 0.552. The molecule has 0 N–H and O–H groups in total. The maximum atomic E-state index is 12.7. The van der Waals surface area contributed by atoms with Gasteiger partial charge in [-0.3, -0.25) is 9.30 Å². The van der Waals surface area contributed by atoms with Crippen LogP contribution in [0.2, 0.25) is 0 Å². The second kappa shape index (κ2) is 8.55. The first-order chi connectivity index (χ1) is 14.4. The monoisotopic (exact) mass is 429 g/mol. The molecule has 1 aliphatic rings. The van der Waals surface area contributed by atoms with Crippen molar-refractivity contribution in [3.8, 4) is 0 Å². The number of rotatable bonds is 6. The number of hydrogen-bond acceptors (Lipinski definition) is 7. The molecule has 1 aromatic carbocycles. The van der Waals surface area contributed by atoms with Crippen LogP contribution in [0.3, 0.4) is 0 Å². The number of aromatic nitrogens is 2. The topological polar surface area (TPSA) is 90.2 Å². The highest BCUT2D eigenvalue weighted by atomic mass is 32.2. The van der Waals surface area contributed by atoms with Crippen LogP contribution in [-0.4, -0.2) is 67.3 Å². The number of hydrogen-bond donors (Lipinski definition) is 0. The summed E-state index contributed by atoms with van der Waals surface area (Å²) >= 11 is 0. The molecule has 0 spiro atoms. The number of imidazole rings is 1. The molecule has 3 aromatic rings. The van der Waals surface area contributed by atoms with Gasteiger partial charge in [-0.25, -0.2) is 18.2 Å². The second-order valence-corrected chi connectivity index (χ2v) is 9.19. The molecule has 30 heavy (non-hydrogen) atoms. The summed E-state index contributed by atoms with van der Waals surface area (Å²) in [7, 11) is -3.60. The zero-order valence-electron chi connectivity index (χ0n) is 16.6. The Morgan fingerprint density at radius 3 is 2.73 bits per heavy atom. The van der Waals surface area contributed by atoms with E-state index >= 15 is 0 Å². The third kappa shape index (κ3) is 4.53. The van der Waals surface area contributed by atoms with Gasteiger partial charge in [0.05, 0.1) is 12.1 Å². The van der Waals surface area contributed by atoms with Crippen LogP contribution in [0.15, 0.2) is 59.9 Å². The van der Waals surface area contributed by atoms with Crippen molar-refractivity contribution in [3.63, 3.8) is 0 Å². The third-order valence-corrected chi connectivity index (χ3v) is 5.86. The molecule has 1 saturated heterocycles. The highest BCUT2D eigenvalue weighted by Crippen LogP contribution is 2.18. The Labute approximate surface area is 175 Å². The lowest BCUT2D eigenvalue weighted by Gasteiger charge is -2.32. The van der Waals surface area contributed by atoms with Gasteiger partial charge in [0.1, 0.15) is 12.7 Å². The first-order valence-electron chi connectivity index (χ1n) is 9.64. The molecule has 9 heteroatoms. The van der Waals surface area contributed by atoms with Gasteiger partial charge in [0.25, 0.3) is 0 Å². The number of ether oxygens (including phenoxy) is 2. The van der Waals surface area contributed by atoms with Crippen molar-refractivity contribution in [1.29, 1.82) is 0 Å². The molecular formula is C21H23N3O5S. The van der Waals surface area contributed by atoms with E-state index in [1.165, 1.54) is 9.96 Å². The molecule has 0 amide bonds. The number of sulfone groups is 1. The fraction of sp³-hybridized carbons (Fsp3) is 0.333. The summed E-state index contributed by atoms with van der Waals surface area (Å²) in [5, 5.41) is -0.187. The smallest absolute Gasteiger partial charge is 0.359 e. The molecule has 1 unspecified atom stereocenters. The van der Waals surface area contributed by atoms with E-state index in [4.69, 9.17) is 9.47 Å². The minimum absolute atomic E-state index is 0.0204. The number of carbonyl (C=O) groups excluding carboxylic acids is 1. The van der Waals surface area contributed by atoms with Gasteiger partial charge in [-0.05, 0) is 17.7 Å². The molecule has 3 heterocycles. The summed E-state index contributed by atoms with van der Waals surface area (Å²) in [5.41, 5.74) is 1.58. The van der Waals surface area contributed by atoms with Crippen molar-refractivity contribution in [2.45, 2.75) is 17.8 Å². The summed E-state index contributed by atoms with van der Waals surface area (Å²) in [5.74, 6) is -0.669. The third-order valence-electron chi connectivity index (χ3n) is 4.91. The van der Waals surface area contributed by atoms with Gasteiger partial charge in [-0.2, -0.15) is 0 Å². The average Bonchev–Trinajstić information content (AvgIpc) is 3.13. The predicted octanol–water partition coefficient (Wildman–Crippen LogP) is 1.80. The van der Waals surface area contributed by atoms with Crippen LogP contribution in [0.25, 0.3) is 5.52 Å². The van der Waals surface area contributed by atoms with E-state index in [-0.39, 0.29) is 23.6 Å². The van der Waals surface area contributed by atoms with Crippen LogP contribution in [0.4, 0.5) is 0 Å². The molecular weight excluding hydrogens is 406 g/mol. The molecule has 8 nitrogen and oxygen atoms in total. The Morgan fingerprint density at radius 2 is 1.97 bits per heavy atom. The Kier molecular flexibility index (Phi) is 5.85. The van der Waals surface area contributed by atoms with Crippen LogP contribution in [0.5, 0.6) is 0 Å². The summed E-state index contributed by atoms with van der Waals surface area (Å²) in [6.07, 6.45) is 2.36. The van der Waals surface area contributed by atoms with Crippen molar-refractivity contribution in [2.24, 2.45) is 0 Å². The van der Waals surface area contributed by atoms with Crippen molar-refractivity contribution < 1.29 is 22.7 Å². The van der Waals surface area contributed by atoms with Crippen LogP contribution in [-0.2, 0) is 25.9 Å². The number of esters is 1. The summed E-state index contributed by atoms with van der Waals surface area (Å²) in [6, 6.07) is 15.2. The van der Waals surface area contributed by atoms with Gasteiger partial charge in [-0.15, -0.1) is 0 Å². The average molecular weight is 429 g/mol. The molecule has 158 valence electrons. The number of morpholine rings is 1. The first-order valence-corrected chi connectivity index (χ1v) is 11.5. The van der Waals surface area contributed by atoms with Gasteiger partial charge < -0.3 is 9.47 Å². The number of pyridine rings is 1. The van der Waals surface area contributed by atoms with Crippen molar-refractivity contribution in [2.75, 3.05) is 32.6 Å². The lowest BCUT2D eigenvalue weighted by atomic mass is 10.2. The normalized spacial score (nSPS) is 17.8. The van der Waals surface area contributed by atoms with E-state index in [1.54, 1.807) is 24.4 Å². The van der Waals surface area contributed by atoms with Crippen LogP contribution in [0, 0.1) is 0 Å². The molecule has 4 rings (SSSR count). The van der Waals surface area contributed by atoms with Gasteiger partial charge >= 0.3 is 5.97 Å². The zero-order chi connectivity index (χ0) is 21.1. The lowest BCUT2D eigenvalue weighted by Crippen LogP contribution is -2.44. The lowest BCUT2D eigenvalue weighted by molar-refractivity contribution is -0.0613. The van der Waals surface area contributed by atoms with E-state index in [1.807, 2.05) is 18.2 Å². The van der Waals surface area contributed by atoms with E-state index in [9.17, 15) is 13.2 Å². The van der Waals surface area contributed by atoms with E-state index in [2.05, 4.69) is 22.0 Å². The molecule has 2 aromatic heterocycles. The second-order valence-electron chi connectivity index (χ2n) is 7.28. The van der Waals surface area contributed by atoms with E-state index < -0.39 is 15.8 Å². The van der Waals surface area contributed by atoms with Crippen molar-refractivity contribution >= 4 is 21.3 Å². The standard InChI is InChI=1S/C21H23N3O5S/c1-30(26,27)21-22-19(18-9-5-6-10-24(18)21)20(25)29-15-17-14-23(11-12-28-17)13-16-7-3-2-4-8-16/h2-10,17H,11-15H2,1H3. The fourth-order valence-electron chi connectivity index (χ4n) is 3.52. The molecule has 0 radical (unpaired) electrons. The molecule has 0 aliphatic carbocycles. The zero-order valence-corrected chi connectivity index (χ0v) is 17.4. The van der Waals surface area contributed by atoms with Crippen LogP contribution in [0.1, 0.15) is 16.1 Å². The minimum atomic E-state index is -3.60. The Bertz CT molecular complexity index is 1140.